The van der Waals surface area contributed by atoms with Crippen LogP contribution in [0.15, 0.2) is 18.2 Å². The minimum atomic E-state index is 0. The first-order valence-electron chi connectivity index (χ1n) is 7.80. The van der Waals surface area contributed by atoms with Crippen LogP contribution in [-0.4, -0.2) is 44.0 Å². The van der Waals surface area contributed by atoms with Crippen LogP contribution >= 0.6 is 12.4 Å². The molecule has 0 radical (unpaired) electrons. The van der Waals surface area contributed by atoms with E-state index in [-0.39, 0.29) is 12.4 Å². The molecule has 4 nitrogen and oxygen atoms in total. The number of ether oxygens (including phenoxy) is 2. The Bertz CT molecular complexity index is 467. The molecule has 2 rings (SSSR count). The molecule has 1 aliphatic rings. The number of aldehydes is 1. The standard InChI is InChI=1S/C17H25NO3.ClH/c1-3-20-17-11-15(13-19)6-7-16(17)21-10-9-18-8-4-5-14(2)12-18;/h6-7,11,13-14H,3-5,8-10,12H2,1-2H3;1H. The van der Waals surface area contributed by atoms with Crippen LogP contribution in [0.5, 0.6) is 11.5 Å². The lowest BCUT2D eigenvalue weighted by Crippen LogP contribution is -2.37. The molecule has 5 heteroatoms. The number of likely N-dealkylation sites (tertiary alicyclic amines) is 1. The highest BCUT2D eigenvalue weighted by Gasteiger charge is 2.16. The van der Waals surface area contributed by atoms with E-state index in [1.54, 1.807) is 12.1 Å². The molecule has 22 heavy (non-hydrogen) atoms. The predicted octanol–water partition coefficient (Wildman–Crippen LogP) is 3.43. The number of nitrogens with zero attached hydrogens (tertiary/aromatic N) is 1. The molecule has 0 spiro atoms. The fourth-order valence-electron chi connectivity index (χ4n) is 2.76. The topological polar surface area (TPSA) is 38.8 Å². The molecule has 1 saturated heterocycles. The van der Waals surface area contributed by atoms with Crippen molar-refractivity contribution in [3.63, 3.8) is 0 Å². The highest BCUT2D eigenvalue weighted by Crippen LogP contribution is 2.28. The highest BCUT2D eigenvalue weighted by molar-refractivity contribution is 5.85. The smallest absolute Gasteiger partial charge is 0.161 e. The minimum absolute atomic E-state index is 0. The van der Waals surface area contributed by atoms with Gasteiger partial charge in [-0.2, -0.15) is 0 Å². The van der Waals surface area contributed by atoms with Crippen LogP contribution in [-0.2, 0) is 0 Å². The monoisotopic (exact) mass is 327 g/mol. The Morgan fingerprint density at radius 1 is 1.32 bits per heavy atom. The first kappa shape index (κ1) is 18.8. The minimum Gasteiger partial charge on any atom is -0.490 e. The predicted molar refractivity (Wildman–Crippen MR) is 90.6 cm³/mol. The second-order valence-corrected chi connectivity index (χ2v) is 5.65. The lowest BCUT2D eigenvalue weighted by atomic mass is 10.0. The Morgan fingerprint density at radius 2 is 2.14 bits per heavy atom. The molecule has 1 aliphatic heterocycles. The van der Waals surface area contributed by atoms with E-state index < -0.39 is 0 Å². The van der Waals surface area contributed by atoms with Crippen LogP contribution in [0.2, 0.25) is 0 Å². The molecule has 0 N–H and O–H groups in total. The van der Waals surface area contributed by atoms with Crippen LogP contribution in [0.4, 0.5) is 0 Å². The zero-order chi connectivity index (χ0) is 15.1. The van der Waals surface area contributed by atoms with Gasteiger partial charge in [0.05, 0.1) is 6.61 Å². The molecular weight excluding hydrogens is 302 g/mol. The number of halogens is 1. The number of piperidine rings is 1. The van der Waals surface area contributed by atoms with E-state index in [0.29, 0.717) is 30.3 Å². The Labute approximate surface area is 139 Å². The molecule has 1 atom stereocenters. The fraction of sp³-hybridized carbons (Fsp3) is 0.588. The summed E-state index contributed by atoms with van der Waals surface area (Å²) in [6.45, 7) is 8.69. The zero-order valence-electron chi connectivity index (χ0n) is 13.4. The lowest BCUT2D eigenvalue weighted by molar-refractivity contribution is 0.112. The van der Waals surface area contributed by atoms with Gasteiger partial charge < -0.3 is 9.47 Å². The third kappa shape index (κ3) is 5.50. The summed E-state index contributed by atoms with van der Waals surface area (Å²) in [5, 5.41) is 0. The summed E-state index contributed by atoms with van der Waals surface area (Å²) >= 11 is 0. The van der Waals surface area contributed by atoms with Gasteiger partial charge in [0, 0.05) is 18.7 Å². The summed E-state index contributed by atoms with van der Waals surface area (Å²) in [6.07, 6.45) is 3.43. The quantitative estimate of drug-likeness (QED) is 0.719. The Kier molecular flexibility index (Phi) is 8.28. The third-order valence-corrected chi connectivity index (χ3v) is 3.81. The summed E-state index contributed by atoms with van der Waals surface area (Å²) in [5.41, 5.74) is 0.607. The molecule has 124 valence electrons. The van der Waals surface area contributed by atoms with Gasteiger partial charge in [0.2, 0.25) is 0 Å². The Morgan fingerprint density at radius 3 is 2.82 bits per heavy atom. The maximum Gasteiger partial charge on any atom is 0.161 e. The molecule has 1 unspecified atom stereocenters. The summed E-state index contributed by atoms with van der Waals surface area (Å²) in [4.78, 5) is 13.3. The summed E-state index contributed by atoms with van der Waals surface area (Å²) in [5.74, 6) is 2.14. The van der Waals surface area contributed by atoms with Gasteiger partial charge in [0.15, 0.2) is 11.5 Å². The average Bonchev–Trinajstić information content (AvgIpc) is 2.49. The van der Waals surface area contributed by atoms with Gasteiger partial charge in [-0.1, -0.05) is 6.92 Å². The van der Waals surface area contributed by atoms with Crippen molar-refractivity contribution in [2.75, 3.05) is 32.8 Å². The van der Waals surface area contributed by atoms with E-state index in [9.17, 15) is 4.79 Å². The molecule has 0 bridgehead atoms. The van der Waals surface area contributed by atoms with Crippen molar-refractivity contribution >= 4 is 18.7 Å². The molecule has 0 aliphatic carbocycles. The first-order valence-corrected chi connectivity index (χ1v) is 7.80. The summed E-state index contributed by atoms with van der Waals surface area (Å²) in [6, 6.07) is 5.30. The van der Waals surface area contributed by atoms with Crippen molar-refractivity contribution in [2.24, 2.45) is 5.92 Å². The van der Waals surface area contributed by atoms with Crippen LogP contribution in [0.3, 0.4) is 0 Å². The molecule has 1 heterocycles. The molecule has 0 aromatic heterocycles. The summed E-state index contributed by atoms with van der Waals surface area (Å²) in [7, 11) is 0. The molecule has 1 aromatic rings. The third-order valence-electron chi connectivity index (χ3n) is 3.81. The van der Waals surface area contributed by atoms with Crippen molar-refractivity contribution in [1.82, 2.24) is 4.90 Å². The molecule has 0 amide bonds. The van der Waals surface area contributed by atoms with E-state index in [4.69, 9.17) is 9.47 Å². The lowest BCUT2D eigenvalue weighted by Gasteiger charge is -2.30. The first-order chi connectivity index (χ1) is 10.2. The van der Waals surface area contributed by atoms with Gasteiger partial charge in [-0.25, -0.2) is 0 Å². The zero-order valence-corrected chi connectivity index (χ0v) is 14.2. The van der Waals surface area contributed by atoms with E-state index in [2.05, 4.69) is 11.8 Å². The number of hydrogen-bond acceptors (Lipinski definition) is 4. The van der Waals surface area contributed by atoms with Gasteiger partial charge in [-0.3, -0.25) is 9.69 Å². The van der Waals surface area contributed by atoms with Gasteiger partial charge in [-0.05, 0) is 50.4 Å². The number of carbonyl (C=O) groups is 1. The number of benzene rings is 1. The van der Waals surface area contributed by atoms with Crippen LogP contribution < -0.4 is 9.47 Å². The molecular formula is C17H26ClNO3. The fourth-order valence-corrected chi connectivity index (χ4v) is 2.76. The number of rotatable bonds is 7. The highest BCUT2D eigenvalue weighted by atomic mass is 35.5. The van der Waals surface area contributed by atoms with E-state index >= 15 is 0 Å². The van der Waals surface area contributed by atoms with Crippen LogP contribution in [0.25, 0.3) is 0 Å². The maximum atomic E-state index is 10.8. The van der Waals surface area contributed by atoms with Crippen molar-refractivity contribution < 1.29 is 14.3 Å². The SMILES string of the molecule is CCOc1cc(C=O)ccc1OCCN1CCCC(C)C1.Cl. The molecule has 1 aromatic carbocycles. The summed E-state index contributed by atoms with van der Waals surface area (Å²) < 4.78 is 11.4. The van der Waals surface area contributed by atoms with Crippen LogP contribution in [0, 0.1) is 5.92 Å². The van der Waals surface area contributed by atoms with Crippen molar-refractivity contribution in [2.45, 2.75) is 26.7 Å². The second kappa shape index (κ2) is 9.70. The molecule has 1 fully saturated rings. The van der Waals surface area contributed by atoms with Gasteiger partial charge in [-0.15, -0.1) is 12.4 Å². The van der Waals surface area contributed by atoms with Crippen molar-refractivity contribution in [1.29, 1.82) is 0 Å². The Hall–Kier alpha value is -1.26. The normalized spacial score (nSPS) is 18.4. The Balaban J connectivity index is 0.00000242. The largest absolute Gasteiger partial charge is 0.490 e. The van der Waals surface area contributed by atoms with E-state index in [1.807, 2.05) is 13.0 Å². The number of hydrogen-bond donors (Lipinski definition) is 0. The average molecular weight is 328 g/mol. The van der Waals surface area contributed by atoms with Gasteiger partial charge in [0.1, 0.15) is 12.9 Å². The number of carbonyl (C=O) groups excluding carboxylic acids is 1. The van der Waals surface area contributed by atoms with Gasteiger partial charge in [0.25, 0.3) is 0 Å². The van der Waals surface area contributed by atoms with Gasteiger partial charge >= 0.3 is 0 Å². The molecule has 0 saturated carbocycles. The van der Waals surface area contributed by atoms with E-state index in [1.165, 1.54) is 12.8 Å². The van der Waals surface area contributed by atoms with Crippen molar-refractivity contribution in [3.8, 4) is 11.5 Å². The second-order valence-electron chi connectivity index (χ2n) is 5.65. The van der Waals surface area contributed by atoms with Crippen molar-refractivity contribution in [3.05, 3.63) is 23.8 Å². The van der Waals surface area contributed by atoms with E-state index in [0.717, 1.165) is 31.8 Å². The van der Waals surface area contributed by atoms with Crippen LogP contribution in [0.1, 0.15) is 37.0 Å². The maximum absolute atomic E-state index is 10.8.